The van der Waals surface area contributed by atoms with Crippen molar-refractivity contribution in [3.05, 3.63) is 0 Å². The van der Waals surface area contributed by atoms with Crippen molar-refractivity contribution in [3.63, 3.8) is 0 Å². The second-order valence-electron chi connectivity index (χ2n) is 7.72. The van der Waals surface area contributed by atoms with E-state index in [0.29, 0.717) is 0 Å². The van der Waals surface area contributed by atoms with Gasteiger partial charge in [0.1, 0.15) is 0 Å². The van der Waals surface area contributed by atoms with Gasteiger partial charge in [0.25, 0.3) is 0 Å². The molecule has 0 spiro atoms. The van der Waals surface area contributed by atoms with E-state index in [0.717, 1.165) is 35.5 Å². The van der Waals surface area contributed by atoms with Gasteiger partial charge in [-0.2, -0.15) is 0 Å². The molecule has 0 N–H and O–H groups in total. The molecule has 0 saturated carbocycles. The van der Waals surface area contributed by atoms with Gasteiger partial charge < -0.3 is 0 Å². The first kappa shape index (κ1) is 18.0. The molecule has 0 rings (SSSR count). The van der Waals surface area contributed by atoms with Gasteiger partial charge in [-0.25, -0.2) is 0 Å². The Balaban J connectivity index is 3.87. The molecule has 0 aromatic rings. The van der Waals surface area contributed by atoms with Crippen LogP contribution in [0.3, 0.4) is 0 Å². The van der Waals surface area contributed by atoms with Crippen molar-refractivity contribution in [2.24, 2.45) is 35.5 Å². The lowest BCUT2D eigenvalue weighted by Gasteiger charge is -2.25. The minimum absolute atomic E-state index is 0.838. The Kier molecular flexibility index (Phi) is 8.99. The standard InChI is InChI=1S/C18H38/c1-13(2)11-18(8)16(6)10-9-15(5)12-17(7)14(3)4/h13-18H,9-12H2,1-8H3. The van der Waals surface area contributed by atoms with E-state index < -0.39 is 0 Å². The first-order valence-electron chi connectivity index (χ1n) is 8.23. The van der Waals surface area contributed by atoms with E-state index in [1.165, 1.54) is 25.7 Å². The topological polar surface area (TPSA) is 0 Å². The van der Waals surface area contributed by atoms with Gasteiger partial charge in [0.2, 0.25) is 0 Å². The number of hydrogen-bond donors (Lipinski definition) is 0. The lowest BCUT2D eigenvalue weighted by molar-refractivity contribution is 0.265. The van der Waals surface area contributed by atoms with Gasteiger partial charge in [-0.15, -0.1) is 0 Å². The van der Waals surface area contributed by atoms with Gasteiger partial charge in [0.05, 0.1) is 0 Å². The molecule has 0 saturated heterocycles. The van der Waals surface area contributed by atoms with Crippen LogP contribution in [-0.2, 0) is 0 Å². The molecule has 0 bridgehead atoms. The fourth-order valence-electron chi connectivity index (χ4n) is 2.83. The zero-order valence-corrected chi connectivity index (χ0v) is 14.3. The SMILES string of the molecule is CC(C)CC(C)C(C)CCC(C)CC(C)C(C)C. The van der Waals surface area contributed by atoms with Crippen molar-refractivity contribution >= 4 is 0 Å². The van der Waals surface area contributed by atoms with Crippen LogP contribution in [0.1, 0.15) is 81.1 Å². The van der Waals surface area contributed by atoms with E-state index in [4.69, 9.17) is 0 Å². The zero-order valence-electron chi connectivity index (χ0n) is 14.3. The summed E-state index contributed by atoms with van der Waals surface area (Å²) in [7, 11) is 0. The van der Waals surface area contributed by atoms with Crippen LogP contribution in [0.25, 0.3) is 0 Å². The third kappa shape index (κ3) is 8.16. The third-order valence-corrected chi connectivity index (χ3v) is 4.84. The summed E-state index contributed by atoms with van der Waals surface area (Å²) in [6.45, 7) is 19.1. The molecule has 0 aromatic carbocycles. The van der Waals surface area contributed by atoms with Crippen LogP contribution >= 0.6 is 0 Å². The van der Waals surface area contributed by atoms with Crippen molar-refractivity contribution in [1.29, 1.82) is 0 Å². The highest BCUT2D eigenvalue weighted by molar-refractivity contribution is 4.68. The molecule has 0 heterocycles. The monoisotopic (exact) mass is 254 g/mol. The number of hydrogen-bond acceptors (Lipinski definition) is 0. The molecule has 4 unspecified atom stereocenters. The summed E-state index contributed by atoms with van der Waals surface area (Å²) >= 11 is 0. The van der Waals surface area contributed by atoms with E-state index in [9.17, 15) is 0 Å². The summed E-state index contributed by atoms with van der Waals surface area (Å²) in [5.74, 6) is 5.24. The molecule has 4 atom stereocenters. The van der Waals surface area contributed by atoms with Crippen LogP contribution in [0.4, 0.5) is 0 Å². The summed E-state index contributed by atoms with van der Waals surface area (Å²) in [5.41, 5.74) is 0. The first-order valence-corrected chi connectivity index (χ1v) is 8.23. The molecule has 0 aliphatic carbocycles. The van der Waals surface area contributed by atoms with Crippen molar-refractivity contribution in [2.45, 2.75) is 81.1 Å². The Bertz CT molecular complexity index is 192. The lowest BCUT2D eigenvalue weighted by atomic mass is 9.81. The smallest absolute Gasteiger partial charge is 0.0415 e. The third-order valence-electron chi connectivity index (χ3n) is 4.84. The zero-order chi connectivity index (χ0) is 14.3. The quantitative estimate of drug-likeness (QED) is 0.446. The number of rotatable bonds is 9. The molecular formula is C18H38. The Morgan fingerprint density at radius 1 is 0.556 bits per heavy atom. The van der Waals surface area contributed by atoms with E-state index in [1.54, 1.807) is 0 Å². The van der Waals surface area contributed by atoms with Crippen LogP contribution in [-0.4, -0.2) is 0 Å². The fourth-order valence-corrected chi connectivity index (χ4v) is 2.83. The van der Waals surface area contributed by atoms with Crippen molar-refractivity contribution in [1.82, 2.24) is 0 Å². The van der Waals surface area contributed by atoms with Crippen LogP contribution in [0.5, 0.6) is 0 Å². The summed E-state index contributed by atoms with van der Waals surface area (Å²) in [6.07, 6.45) is 5.63. The lowest BCUT2D eigenvalue weighted by Crippen LogP contribution is -2.14. The van der Waals surface area contributed by atoms with Gasteiger partial charge in [-0.3, -0.25) is 0 Å². The maximum absolute atomic E-state index is 2.45. The molecule has 0 radical (unpaired) electrons. The Morgan fingerprint density at radius 2 is 1.11 bits per heavy atom. The molecular weight excluding hydrogens is 216 g/mol. The van der Waals surface area contributed by atoms with E-state index in [-0.39, 0.29) is 0 Å². The molecule has 0 heteroatoms. The largest absolute Gasteiger partial charge is 0.0628 e. The van der Waals surface area contributed by atoms with Gasteiger partial charge in [0, 0.05) is 0 Å². The highest BCUT2D eigenvalue weighted by Gasteiger charge is 2.16. The van der Waals surface area contributed by atoms with Gasteiger partial charge >= 0.3 is 0 Å². The minimum atomic E-state index is 0.838. The predicted molar refractivity (Wildman–Crippen MR) is 84.8 cm³/mol. The minimum Gasteiger partial charge on any atom is -0.0628 e. The molecule has 0 amide bonds. The average Bonchev–Trinajstić information content (AvgIpc) is 2.24. The molecule has 0 fully saturated rings. The average molecular weight is 255 g/mol. The van der Waals surface area contributed by atoms with Crippen molar-refractivity contribution in [3.8, 4) is 0 Å². The molecule has 18 heavy (non-hydrogen) atoms. The van der Waals surface area contributed by atoms with Crippen molar-refractivity contribution < 1.29 is 0 Å². The summed E-state index contributed by atoms with van der Waals surface area (Å²) in [4.78, 5) is 0. The fraction of sp³-hybridized carbons (Fsp3) is 1.00. The molecule has 0 aliphatic heterocycles. The second-order valence-corrected chi connectivity index (χ2v) is 7.72. The normalized spacial score (nSPS) is 19.0. The Hall–Kier alpha value is 0. The van der Waals surface area contributed by atoms with Crippen molar-refractivity contribution in [2.75, 3.05) is 0 Å². The van der Waals surface area contributed by atoms with Gasteiger partial charge in [-0.1, -0.05) is 68.2 Å². The molecule has 0 aliphatic rings. The second kappa shape index (κ2) is 8.99. The van der Waals surface area contributed by atoms with Crippen LogP contribution in [0.15, 0.2) is 0 Å². The van der Waals surface area contributed by atoms with Crippen LogP contribution < -0.4 is 0 Å². The molecule has 0 nitrogen and oxygen atoms in total. The van der Waals surface area contributed by atoms with Crippen LogP contribution in [0.2, 0.25) is 0 Å². The van der Waals surface area contributed by atoms with Gasteiger partial charge in [0.15, 0.2) is 0 Å². The first-order chi connectivity index (χ1) is 8.23. The van der Waals surface area contributed by atoms with Crippen LogP contribution in [0, 0.1) is 35.5 Å². The van der Waals surface area contributed by atoms with Gasteiger partial charge in [-0.05, 0) is 48.3 Å². The Labute approximate surface area is 117 Å². The van der Waals surface area contributed by atoms with E-state index >= 15 is 0 Å². The predicted octanol–water partition coefficient (Wildman–Crippen LogP) is 6.40. The summed E-state index contributed by atoms with van der Waals surface area (Å²) in [5, 5.41) is 0. The highest BCUT2D eigenvalue weighted by atomic mass is 14.2. The maximum atomic E-state index is 2.45. The van der Waals surface area contributed by atoms with E-state index in [1.807, 2.05) is 0 Å². The molecule has 110 valence electrons. The molecule has 0 aromatic heterocycles. The Morgan fingerprint density at radius 3 is 1.56 bits per heavy atom. The van der Waals surface area contributed by atoms with E-state index in [2.05, 4.69) is 55.4 Å². The maximum Gasteiger partial charge on any atom is -0.0415 e. The summed E-state index contributed by atoms with van der Waals surface area (Å²) < 4.78 is 0. The highest BCUT2D eigenvalue weighted by Crippen LogP contribution is 2.28. The summed E-state index contributed by atoms with van der Waals surface area (Å²) in [6, 6.07) is 0.